The van der Waals surface area contributed by atoms with Crippen LogP contribution in [0.2, 0.25) is 0 Å². The lowest BCUT2D eigenvalue weighted by molar-refractivity contribution is -0.136. The van der Waals surface area contributed by atoms with E-state index >= 15 is 0 Å². The van der Waals surface area contributed by atoms with Gasteiger partial charge in [0, 0.05) is 42.1 Å². The average molecular weight is 564 g/mol. The van der Waals surface area contributed by atoms with Crippen LogP contribution >= 0.6 is 0 Å². The van der Waals surface area contributed by atoms with E-state index in [1.807, 2.05) is 37.1 Å². The van der Waals surface area contributed by atoms with Crippen LogP contribution in [0.5, 0.6) is 11.5 Å². The summed E-state index contributed by atoms with van der Waals surface area (Å²) in [6.07, 6.45) is 7.96. The third-order valence-corrected chi connectivity index (χ3v) is 8.15. The lowest BCUT2D eigenvalue weighted by atomic mass is 9.94. The molecule has 1 aliphatic carbocycles. The molecule has 0 spiro atoms. The van der Waals surface area contributed by atoms with Gasteiger partial charge in [-0.25, -0.2) is 4.39 Å². The molecule has 0 bridgehead atoms. The van der Waals surface area contributed by atoms with Crippen LogP contribution in [-0.2, 0) is 17.9 Å². The molecular weight excluding hydrogens is 521 g/mol. The molecule has 1 aromatic heterocycles. The second-order valence-corrected chi connectivity index (χ2v) is 10.9. The average Bonchev–Trinajstić information content (AvgIpc) is 3.45. The molecule has 1 fully saturated rings. The first-order valence-electron chi connectivity index (χ1n) is 14.5. The number of benzene rings is 2. The third kappa shape index (κ3) is 7.69. The fraction of sp³-hybridized carbons (Fsp3) is 0.455. The van der Waals surface area contributed by atoms with Gasteiger partial charge in [-0.15, -0.1) is 0 Å². The van der Waals surface area contributed by atoms with Crippen molar-refractivity contribution in [3.8, 4) is 11.5 Å². The van der Waals surface area contributed by atoms with Crippen LogP contribution < -0.4 is 9.47 Å². The molecule has 0 saturated heterocycles. The van der Waals surface area contributed by atoms with Crippen molar-refractivity contribution < 1.29 is 23.5 Å². The van der Waals surface area contributed by atoms with Crippen LogP contribution in [0.15, 0.2) is 60.8 Å². The molecule has 220 valence electrons. The Morgan fingerprint density at radius 2 is 1.66 bits per heavy atom. The first kappa shape index (κ1) is 30.2. The Morgan fingerprint density at radius 3 is 2.27 bits per heavy atom. The third-order valence-electron chi connectivity index (χ3n) is 8.15. The molecule has 1 aliphatic rings. The van der Waals surface area contributed by atoms with Gasteiger partial charge in [-0.2, -0.15) is 0 Å². The van der Waals surface area contributed by atoms with E-state index in [-0.39, 0.29) is 36.3 Å². The SMILES string of the molecule is CCC(C)N(CC(=O)N(Cc1cccn1Cc1ccc(F)cc1)C1CCCCC1)C(=O)c1cc(OC)cc(OC)c1. The van der Waals surface area contributed by atoms with Crippen molar-refractivity contribution in [2.75, 3.05) is 20.8 Å². The van der Waals surface area contributed by atoms with Crippen LogP contribution in [0.4, 0.5) is 4.39 Å². The molecule has 3 aromatic rings. The van der Waals surface area contributed by atoms with Crippen LogP contribution in [0.1, 0.15) is 74.0 Å². The Hall–Kier alpha value is -3.81. The summed E-state index contributed by atoms with van der Waals surface area (Å²) in [4.78, 5) is 31.6. The zero-order chi connectivity index (χ0) is 29.4. The molecule has 2 aromatic carbocycles. The van der Waals surface area contributed by atoms with Crippen molar-refractivity contribution in [1.82, 2.24) is 14.4 Å². The molecule has 8 heteroatoms. The Morgan fingerprint density at radius 1 is 1.00 bits per heavy atom. The van der Waals surface area contributed by atoms with Gasteiger partial charge in [-0.05, 0) is 68.1 Å². The first-order valence-corrected chi connectivity index (χ1v) is 14.5. The van der Waals surface area contributed by atoms with Gasteiger partial charge < -0.3 is 23.8 Å². The maximum absolute atomic E-state index is 14.1. The smallest absolute Gasteiger partial charge is 0.254 e. The minimum absolute atomic E-state index is 0.0114. The van der Waals surface area contributed by atoms with E-state index in [2.05, 4.69) is 4.57 Å². The quantitative estimate of drug-likeness (QED) is 0.260. The molecule has 2 amide bonds. The largest absolute Gasteiger partial charge is 0.497 e. The molecule has 0 radical (unpaired) electrons. The molecular formula is C33H42FN3O4. The zero-order valence-electron chi connectivity index (χ0n) is 24.6. The summed E-state index contributed by atoms with van der Waals surface area (Å²) >= 11 is 0. The first-order chi connectivity index (χ1) is 19.8. The van der Waals surface area contributed by atoms with E-state index < -0.39 is 0 Å². The molecule has 1 atom stereocenters. The number of hydrogen-bond donors (Lipinski definition) is 0. The van der Waals surface area contributed by atoms with Crippen molar-refractivity contribution in [2.45, 2.75) is 77.5 Å². The monoisotopic (exact) mass is 563 g/mol. The maximum Gasteiger partial charge on any atom is 0.254 e. The highest BCUT2D eigenvalue weighted by Crippen LogP contribution is 2.27. The van der Waals surface area contributed by atoms with Crippen molar-refractivity contribution >= 4 is 11.8 Å². The second kappa shape index (κ2) is 14.2. The van der Waals surface area contributed by atoms with Gasteiger partial charge in [0.25, 0.3) is 5.91 Å². The summed E-state index contributed by atoms with van der Waals surface area (Å²) in [5.74, 6) is 0.495. The maximum atomic E-state index is 14.1. The number of methoxy groups -OCH3 is 2. The summed E-state index contributed by atoms with van der Waals surface area (Å²) in [5.41, 5.74) is 2.42. The summed E-state index contributed by atoms with van der Waals surface area (Å²) in [6, 6.07) is 15.6. The van der Waals surface area contributed by atoms with Crippen molar-refractivity contribution in [3.05, 3.63) is 83.4 Å². The van der Waals surface area contributed by atoms with Gasteiger partial charge in [0.05, 0.1) is 20.8 Å². The predicted octanol–water partition coefficient (Wildman–Crippen LogP) is 6.29. The van der Waals surface area contributed by atoms with E-state index in [0.717, 1.165) is 36.9 Å². The normalized spacial score (nSPS) is 14.4. The van der Waals surface area contributed by atoms with E-state index in [4.69, 9.17) is 9.47 Å². The molecule has 0 N–H and O–H groups in total. The van der Waals surface area contributed by atoms with Gasteiger partial charge in [-0.1, -0.05) is 38.3 Å². The minimum atomic E-state index is -0.261. The molecule has 1 unspecified atom stereocenters. The van der Waals surface area contributed by atoms with Gasteiger partial charge in [0.1, 0.15) is 23.9 Å². The molecule has 1 heterocycles. The van der Waals surface area contributed by atoms with Crippen LogP contribution in [-0.4, -0.2) is 59.0 Å². The number of carbonyl (C=O) groups is 2. The van der Waals surface area contributed by atoms with E-state index in [9.17, 15) is 14.0 Å². The highest BCUT2D eigenvalue weighted by Gasteiger charge is 2.31. The van der Waals surface area contributed by atoms with Crippen LogP contribution in [0, 0.1) is 5.82 Å². The fourth-order valence-corrected chi connectivity index (χ4v) is 5.50. The number of aromatic nitrogens is 1. The van der Waals surface area contributed by atoms with Crippen LogP contribution in [0.25, 0.3) is 0 Å². The molecule has 41 heavy (non-hydrogen) atoms. The standard InChI is InChI=1S/C33H42FN3O4/c1-5-24(2)36(33(39)26-18-30(40-3)20-31(19-26)41-4)23-32(38)37(28-10-7-6-8-11-28)22-29-12-9-17-35(29)21-25-13-15-27(34)16-14-25/h9,12-20,24,28H,5-8,10-11,21-23H2,1-4H3. The fourth-order valence-electron chi connectivity index (χ4n) is 5.50. The molecule has 7 nitrogen and oxygen atoms in total. The van der Waals surface area contributed by atoms with Gasteiger partial charge >= 0.3 is 0 Å². The Bertz CT molecular complexity index is 1280. The summed E-state index contributed by atoms with van der Waals surface area (Å²) in [6.45, 7) is 5.02. The van der Waals surface area contributed by atoms with E-state index in [0.29, 0.717) is 36.6 Å². The number of ether oxygens (including phenoxy) is 2. The number of hydrogen-bond acceptors (Lipinski definition) is 4. The van der Waals surface area contributed by atoms with E-state index in [1.165, 1.54) is 18.6 Å². The lowest BCUT2D eigenvalue weighted by Crippen LogP contribution is -2.49. The van der Waals surface area contributed by atoms with Crippen molar-refractivity contribution in [2.24, 2.45) is 0 Å². The molecule has 4 rings (SSSR count). The number of carbonyl (C=O) groups excluding carboxylic acids is 2. The Kier molecular flexibility index (Phi) is 10.4. The second-order valence-electron chi connectivity index (χ2n) is 10.9. The van der Waals surface area contributed by atoms with Gasteiger partial charge in [0.2, 0.25) is 5.91 Å². The van der Waals surface area contributed by atoms with Gasteiger partial charge in [0.15, 0.2) is 0 Å². The number of amides is 2. The highest BCUT2D eigenvalue weighted by molar-refractivity contribution is 5.97. The van der Waals surface area contributed by atoms with Crippen LogP contribution in [0.3, 0.4) is 0 Å². The molecule has 1 saturated carbocycles. The summed E-state index contributed by atoms with van der Waals surface area (Å²) in [7, 11) is 3.10. The topological polar surface area (TPSA) is 64.0 Å². The zero-order valence-corrected chi connectivity index (χ0v) is 24.6. The predicted molar refractivity (Wildman–Crippen MR) is 158 cm³/mol. The number of nitrogens with zero attached hydrogens (tertiary/aromatic N) is 3. The van der Waals surface area contributed by atoms with Crippen molar-refractivity contribution in [3.63, 3.8) is 0 Å². The minimum Gasteiger partial charge on any atom is -0.497 e. The summed E-state index contributed by atoms with van der Waals surface area (Å²) in [5, 5.41) is 0. The number of halogens is 1. The molecule has 0 aliphatic heterocycles. The Labute approximate surface area is 242 Å². The number of rotatable bonds is 12. The Balaban J connectivity index is 1.59. The van der Waals surface area contributed by atoms with E-state index in [1.54, 1.807) is 49.5 Å². The summed E-state index contributed by atoms with van der Waals surface area (Å²) < 4.78 is 26.3. The van der Waals surface area contributed by atoms with Gasteiger partial charge in [-0.3, -0.25) is 9.59 Å². The van der Waals surface area contributed by atoms with Crippen molar-refractivity contribution in [1.29, 1.82) is 0 Å². The lowest BCUT2D eigenvalue weighted by Gasteiger charge is -2.37. The highest BCUT2D eigenvalue weighted by atomic mass is 19.1.